The summed E-state index contributed by atoms with van der Waals surface area (Å²) < 4.78 is 5.06. The number of hydrogen-bond donors (Lipinski definition) is 1. The molecule has 1 aliphatic rings. The SMILES string of the molecule is CCOCC(=O)NCCC1CCN(C(=O)c2ccccc2)CC1. The topological polar surface area (TPSA) is 58.6 Å². The highest BCUT2D eigenvalue weighted by atomic mass is 16.5. The summed E-state index contributed by atoms with van der Waals surface area (Å²) in [5.74, 6) is 0.639. The zero-order valence-electron chi connectivity index (χ0n) is 13.8. The zero-order chi connectivity index (χ0) is 16.5. The van der Waals surface area contributed by atoms with Crippen LogP contribution in [-0.4, -0.2) is 49.6 Å². The van der Waals surface area contributed by atoms with Crippen molar-refractivity contribution in [1.29, 1.82) is 0 Å². The van der Waals surface area contributed by atoms with Crippen LogP contribution in [0, 0.1) is 5.92 Å². The van der Waals surface area contributed by atoms with Crippen molar-refractivity contribution >= 4 is 11.8 Å². The van der Waals surface area contributed by atoms with Crippen LogP contribution in [0.3, 0.4) is 0 Å². The van der Waals surface area contributed by atoms with Gasteiger partial charge in [0, 0.05) is 31.8 Å². The molecule has 5 nitrogen and oxygen atoms in total. The van der Waals surface area contributed by atoms with E-state index >= 15 is 0 Å². The van der Waals surface area contributed by atoms with Gasteiger partial charge < -0.3 is 15.0 Å². The quantitative estimate of drug-likeness (QED) is 0.837. The van der Waals surface area contributed by atoms with Crippen LogP contribution in [0.1, 0.15) is 36.5 Å². The lowest BCUT2D eigenvalue weighted by molar-refractivity contribution is -0.125. The van der Waals surface area contributed by atoms with Crippen LogP contribution in [-0.2, 0) is 9.53 Å². The predicted molar refractivity (Wildman–Crippen MR) is 89.2 cm³/mol. The van der Waals surface area contributed by atoms with E-state index in [2.05, 4.69) is 5.32 Å². The first-order valence-corrected chi connectivity index (χ1v) is 8.39. The second-order valence-electron chi connectivity index (χ2n) is 5.88. The van der Waals surface area contributed by atoms with Crippen molar-refractivity contribution in [3.05, 3.63) is 35.9 Å². The van der Waals surface area contributed by atoms with Crippen LogP contribution in [0.25, 0.3) is 0 Å². The van der Waals surface area contributed by atoms with Gasteiger partial charge in [-0.1, -0.05) is 18.2 Å². The fourth-order valence-electron chi connectivity index (χ4n) is 2.85. The summed E-state index contributed by atoms with van der Waals surface area (Å²) in [4.78, 5) is 25.7. The van der Waals surface area contributed by atoms with Gasteiger partial charge in [0.2, 0.25) is 5.91 Å². The maximum atomic E-state index is 12.4. The van der Waals surface area contributed by atoms with E-state index in [1.165, 1.54) is 0 Å². The summed E-state index contributed by atoms with van der Waals surface area (Å²) in [5.41, 5.74) is 0.758. The molecule has 1 aliphatic heterocycles. The minimum atomic E-state index is -0.0523. The molecule has 0 bridgehead atoms. The van der Waals surface area contributed by atoms with Crippen LogP contribution in [0.4, 0.5) is 0 Å². The highest BCUT2D eigenvalue weighted by Crippen LogP contribution is 2.21. The van der Waals surface area contributed by atoms with E-state index in [-0.39, 0.29) is 18.4 Å². The second kappa shape index (κ2) is 9.30. The predicted octanol–water partition coefficient (Wildman–Crippen LogP) is 2.08. The van der Waals surface area contributed by atoms with Gasteiger partial charge in [0.1, 0.15) is 6.61 Å². The molecule has 23 heavy (non-hydrogen) atoms. The van der Waals surface area contributed by atoms with Crippen molar-refractivity contribution in [2.45, 2.75) is 26.2 Å². The minimum Gasteiger partial charge on any atom is -0.372 e. The molecule has 2 amide bonds. The number of carbonyl (C=O) groups excluding carboxylic acids is 2. The summed E-state index contributed by atoms with van der Waals surface area (Å²) >= 11 is 0. The number of amides is 2. The molecule has 1 heterocycles. The number of hydrogen-bond acceptors (Lipinski definition) is 3. The number of benzene rings is 1. The van der Waals surface area contributed by atoms with E-state index in [1.54, 1.807) is 0 Å². The van der Waals surface area contributed by atoms with E-state index in [9.17, 15) is 9.59 Å². The molecule has 0 aliphatic carbocycles. The van der Waals surface area contributed by atoms with E-state index < -0.39 is 0 Å². The molecule has 1 saturated heterocycles. The molecule has 1 N–H and O–H groups in total. The summed E-state index contributed by atoms with van der Waals surface area (Å²) in [5, 5.41) is 2.88. The average Bonchev–Trinajstić information content (AvgIpc) is 2.60. The number of carbonyl (C=O) groups is 2. The Kier molecular flexibility index (Phi) is 7.07. The average molecular weight is 318 g/mol. The molecule has 2 rings (SSSR count). The maximum Gasteiger partial charge on any atom is 0.253 e. The van der Waals surface area contributed by atoms with Gasteiger partial charge in [-0.25, -0.2) is 0 Å². The van der Waals surface area contributed by atoms with Gasteiger partial charge in [0.15, 0.2) is 0 Å². The first-order chi connectivity index (χ1) is 11.2. The first kappa shape index (κ1) is 17.5. The van der Waals surface area contributed by atoms with Gasteiger partial charge in [-0.15, -0.1) is 0 Å². The third-order valence-electron chi connectivity index (χ3n) is 4.23. The molecule has 0 atom stereocenters. The summed E-state index contributed by atoms with van der Waals surface area (Å²) in [6, 6.07) is 9.43. The number of ether oxygens (including phenoxy) is 1. The third kappa shape index (κ3) is 5.67. The van der Waals surface area contributed by atoms with Crippen molar-refractivity contribution in [3.63, 3.8) is 0 Å². The number of likely N-dealkylation sites (tertiary alicyclic amines) is 1. The van der Waals surface area contributed by atoms with Crippen LogP contribution in [0.2, 0.25) is 0 Å². The lowest BCUT2D eigenvalue weighted by Gasteiger charge is -2.32. The number of nitrogens with one attached hydrogen (secondary N) is 1. The van der Waals surface area contributed by atoms with Crippen molar-refractivity contribution in [2.24, 2.45) is 5.92 Å². The van der Waals surface area contributed by atoms with Crippen LogP contribution in [0.15, 0.2) is 30.3 Å². The van der Waals surface area contributed by atoms with Gasteiger partial charge in [-0.2, -0.15) is 0 Å². The first-order valence-electron chi connectivity index (χ1n) is 8.39. The van der Waals surface area contributed by atoms with Crippen LogP contribution in [0.5, 0.6) is 0 Å². The standard InChI is InChI=1S/C18H26N2O3/c1-2-23-14-17(21)19-11-8-15-9-12-20(13-10-15)18(22)16-6-4-3-5-7-16/h3-7,15H,2,8-14H2,1H3,(H,19,21). The third-order valence-corrected chi connectivity index (χ3v) is 4.23. The Morgan fingerprint density at radius 2 is 1.91 bits per heavy atom. The monoisotopic (exact) mass is 318 g/mol. The molecular weight excluding hydrogens is 292 g/mol. The Balaban J connectivity index is 1.66. The Hall–Kier alpha value is -1.88. The van der Waals surface area contributed by atoms with Crippen LogP contribution >= 0.6 is 0 Å². The largest absolute Gasteiger partial charge is 0.372 e. The molecule has 5 heteroatoms. The Bertz CT molecular complexity index is 496. The molecule has 1 aromatic rings. The van der Waals surface area contributed by atoms with Crippen LogP contribution < -0.4 is 5.32 Å². The number of piperidine rings is 1. The molecule has 126 valence electrons. The minimum absolute atomic E-state index is 0.0523. The Morgan fingerprint density at radius 3 is 2.57 bits per heavy atom. The fourth-order valence-corrected chi connectivity index (χ4v) is 2.85. The number of nitrogens with zero attached hydrogens (tertiary/aromatic N) is 1. The number of rotatable bonds is 7. The lowest BCUT2D eigenvalue weighted by Crippen LogP contribution is -2.39. The molecule has 0 spiro atoms. The fraction of sp³-hybridized carbons (Fsp3) is 0.556. The van der Waals surface area contributed by atoms with E-state index in [1.807, 2.05) is 42.2 Å². The lowest BCUT2D eigenvalue weighted by atomic mass is 9.93. The molecule has 1 fully saturated rings. The van der Waals surface area contributed by atoms with Gasteiger partial charge >= 0.3 is 0 Å². The van der Waals surface area contributed by atoms with Crippen molar-refractivity contribution in [2.75, 3.05) is 32.8 Å². The normalized spacial score (nSPS) is 15.4. The maximum absolute atomic E-state index is 12.4. The molecule has 0 aromatic heterocycles. The van der Waals surface area contributed by atoms with Gasteiger partial charge in [-0.05, 0) is 44.2 Å². The van der Waals surface area contributed by atoms with Gasteiger partial charge in [-0.3, -0.25) is 9.59 Å². The van der Waals surface area contributed by atoms with Crippen molar-refractivity contribution in [3.8, 4) is 0 Å². The summed E-state index contributed by atoms with van der Waals surface area (Å²) in [6.07, 6.45) is 2.96. The zero-order valence-corrected chi connectivity index (χ0v) is 13.8. The van der Waals surface area contributed by atoms with Gasteiger partial charge in [0.25, 0.3) is 5.91 Å². The van der Waals surface area contributed by atoms with Crippen molar-refractivity contribution < 1.29 is 14.3 Å². The Morgan fingerprint density at radius 1 is 1.22 bits per heavy atom. The Labute approximate surface area is 138 Å². The van der Waals surface area contributed by atoms with Crippen molar-refractivity contribution in [1.82, 2.24) is 10.2 Å². The highest BCUT2D eigenvalue weighted by molar-refractivity contribution is 5.94. The smallest absolute Gasteiger partial charge is 0.253 e. The van der Waals surface area contributed by atoms with E-state index in [0.29, 0.717) is 19.1 Å². The molecular formula is C18H26N2O3. The highest BCUT2D eigenvalue weighted by Gasteiger charge is 2.23. The van der Waals surface area contributed by atoms with Gasteiger partial charge in [0.05, 0.1) is 0 Å². The summed E-state index contributed by atoms with van der Waals surface area (Å²) in [6.45, 7) is 4.85. The summed E-state index contributed by atoms with van der Waals surface area (Å²) in [7, 11) is 0. The molecule has 0 saturated carbocycles. The second-order valence-corrected chi connectivity index (χ2v) is 5.88. The molecule has 1 aromatic carbocycles. The molecule has 0 radical (unpaired) electrons. The van der Waals surface area contributed by atoms with E-state index in [4.69, 9.17) is 4.74 Å². The molecule has 0 unspecified atom stereocenters. The van der Waals surface area contributed by atoms with E-state index in [0.717, 1.165) is 37.9 Å².